The van der Waals surface area contributed by atoms with E-state index in [0.29, 0.717) is 12.8 Å². The highest BCUT2D eigenvalue weighted by Gasteiger charge is 2.58. The van der Waals surface area contributed by atoms with Gasteiger partial charge in [0, 0.05) is 5.69 Å². The van der Waals surface area contributed by atoms with Gasteiger partial charge in [0.2, 0.25) is 0 Å². The number of amidine groups is 1. The first-order valence-electron chi connectivity index (χ1n) is 9.79. The molecular formula is C22H18F3N5OS. The Morgan fingerprint density at radius 3 is 2.31 bits per heavy atom. The lowest BCUT2D eigenvalue weighted by atomic mass is 9.74. The third-order valence-corrected chi connectivity index (χ3v) is 6.18. The van der Waals surface area contributed by atoms with E-state index in [9.17, 15) is 18.0 Å². The minimum absolute atomic E-state index is 0.0576. The van der Waals surface area contributed by atoms with Gasteiger partial charge in [0.25, 0.3) is 0 Å². The summed E-state index contributed by atoms with van der Waals surface area (Å²) in [7, 11) is 0. The molecule has 2 aromatic rings. The zero-order valence-electron chi connectivity index (χ0n) is 17.0. The number of amides is 2. The quantitative estimate of drug-likeness (QED) is 0.649. The summed E-state index contributed by atoms with van der Waals surface area (Å²) in [6.45, 7) is 1.94. The highest BCUT2D eigenvalue weighted by atomic mass is 32.1. The summed E-state index contributed by atoms with van der Waals surface area (Å²) >= 11 is 5.71. The molecule has 0 bridgehead atoms. The van der Waals surface area contributed by atoms with Gasteiger partial charge in [-0.3, -0.25) is 4.90 Å². The van der Waals surface area contributed by atoms with Gasteiger partial charge < -0.3 is 10.6 Å². The average Bonchev–Trinajstić information content (AvgIpc) is 2.95. The molecule has 2 fully saturated rings. The fourth-order valence-electron chi connectivity index (χ4n) is 4.19. The van der Waals surface area contributed by atoms with E-state index in [2.05, 4.69) is 4.99 Å². The molecule has 2 amide bonds. The van der Waals surface area contributed by atoms with Crippen LogP contribution in [0.3, 0.4) is 0 Å². The number of halogens is 3. The topological polar surface area (TPSA) is 85.7 Å². The number of rotatable bonds is 2. The third kappa shape index (κ3) is 3.39. The van der Waals surface area contributed by atoms with Crippen molar-refractivity contribution in [3.05, 3.63) is 59.2 Å². The van der Waals surface area contributed by atoms with Crippen LogP contribution in [0, 0.1) is 18.3 Å². The second-order valence-corrected chi connectivity index (χ2v) is 8.15. The van der Waals surface area contributed by atoms with Gasteiger partial charge in [-0.05, 0) is 68.7 Å². The van der Waals surface area contributed by atoms with Crippen molar-refractivity contribution in [2.75, 3.05) is 9.80 Å². The summed E-state index contributed by atoms with van der Waals surface area (Å²) in [5.41, 5.74) is 4.82. The van der Waals surface area contributed by atoms with E-state index in [0.717, 1.165) is 29.8 Å². The minimum Gasteiger partial charge on any atom is -0.350 e. The molecule has 1 heterocycles. The van der Waals surface area contributed by atoms with Crippen LogP contribution in [0.25, 0.3) is 0 Å². The van der Waals surface area contributed by atoms with Gasteiger partial charge in [-0.15, -0.1) is 0 Å². The van der Waals surface area contributed by atoms with E-state index in [4.69, 9.17) is 23.2 Å². The maximum absolute atomic E-state index is 13.6. The Balaban J connectivity index is 1.92. The number of carbonyl (C=O) groups excluding carboxylic acids is 1. The number of benzene rings is 2. The highest BCUT2D eigenvalue weighted by Crippen LogP contribution is 2.49. The van der Waals surface area contributed by atoms with Crippen LogP contribution in [0.4, 0.5) is 29.3 Å². The summed E-state index contributed by atoms with van der Waals surface area (Å²) < 4.78 is 40.8. The van der Waals surface area contributed by atoms with Gasteiger partial charge in [0.1, 0.15) is 11.4 Å². The number of alkyl halides is 3. The zero-order valence-corrected chi connectivity index (χ0v) is 17.8. The molecule has 1 aliphatic heterocycles. The molecule has 2 aliphatic rings. The van der Waals surface area contributed by atoms with Crippen molar-refractivity contribution in [3.8, 4) is 6.07 Å². The van der Waals surface area contributed by atoms with Crippen molar-refractivity contribution in [1.29, 1.82) is 5.26 Å². The van der Waals surface area contributed by atoms with Crippen molar-refractivity contribution in [2.24, 2.45) is 10.7 Å². The molecule has 1 saturated heterocycles. The van der Waals surface area contributed by atoms with Gasteiger partial charge in [0.15, 0.2) is 5.11 Å². The Labute approximate surface area is 187 Å². The predicted octanol–water partition coefficient (Wildman–Crippen LogP) is 4.90. The lowest BCUT2D eigenvalue weighted by molar-refractivity contribution is -0.137. The van der Waals surface area contributed by atoms with Crippen molar-refractivity contribution >= 4 is 40.6 Å². The van der Waals surface area contributed by atoms with Crippen LogP contribution >= 0.6 is 12.2 Å². The van der Waals surface area contributed by atoms with E-state index in [1.54, 1.807) is 6.07 Å². The largest absolute Gasteiger partial charge is 0.417 e. The minimum atomic E-state index is -4.74. The van der Waals surface area contributed by atoms with Crippen molar-refractivity contribution in [3.63, 3.8) is 0 Å². The number of urea groups is 1. The molecular weight excluding hydrogens is 439 g/mol. The SMILES string of the molecule is Cc1ccc(N2C(=S)N(c3ccc(C#N)c(C(F)(F)F)c3)C(=NC(N)=O)C23CCC3)cc1. The molecule has 32 heavy (non-hydrogen) atoms. The lowest BCUT2D eigenvalue weighted by Gasteiger charge is -2.44. The van der Waals surface area contributed by atoms with E-state index < -0.39 is 28.9 Å². The van der Waals surface area contributed by atoms with Crippen LogP contribution in [0.15, 0.2) is 47.5 Å². The second-order valence-electron chi connectivity index (χ2n) is 7.79. The summed E-state index contributed by atoms with van der Waals surface area (Å²) in [6, 6.07) is 11.5. The van der Waals surface area contributed by atoms with Gasteiger partial charge >= 0.3 is 12.2 Å². The molecule has 10 heteroatoms. The normalized spacial score (nSPS) is 18.7. The first-order valence-corrected chi connectivity index (χ1v) is 10.2. The van der Waals surface area contributed by atoms with Gasteiger partial charge in [0.05, 0.1) is 22.9 Å². The lowest BCUT2D eigenvalue weighted by Crippen LogP contribution is -2.55. The van der Waals surface area contributed by atoms with Crippen LogP contribution in [0.5, 0.6) is 0 Å². The standard InChI is InChI=1S/C22H18F3N5OS/c1-13-3-6-15(7-4-13)30-20(32)29(18(28-19(27)31)21(30)9-2-10-21)16-8-5-14(12-26)17(11-16)22(23,24)25/h3-8,11H,2,9-10H2,1H3,(H2,27,31). The Kier molecular flexibility index (Phi) is 5.17. The summed E-state index contributed by atoms with van der Waals surface area (Å²) in [4.78, 5) is 19.0. The van der Waals surface area contributed by atoms with Crippen molar-refractivity contribution in [2.45, 2.75) is 37.9 Å². The number of anilines is 2. The van der Waals surface area contributed by atoms with Crippen molar-refractivity contribution in [1.82, 2.24) is 0 Å². The van der Waals surface area contributed by atoms with Crippen LogP contribution in [0.2, 0.25) is 0 Å². The fourth-order valence-corrected chi connectivity index (χ4v) is 4.66. The van der Waals surface area contributed by atoms with Crippen LogP contribution < -0.4 is 15.5 Å². The number of thiocarbonyl (C=S) groups is 1. The third-order valence-electron chi connectivity index (χ3n) is 5.81. The Hall–Kier alpha value is -3.45. The first-order chi connectivity index (χ1) is 15.1. The number of nitrogens with zero attached hydrogens (tertiary/aromatic N) is 4. The monoisotopic (exact) mass is 457 g/mol. The van der Waals surface area contributed by atoms with Crippen LogP contribution in [0.1, 0.15) is 36.0 Å². The molecule has 2 aromatic carbocycles. The van der Waals surface area contributed by atoms with Crippen LogP contribution in [-0.4, -0.2) is 22.5 Å². The molecule has 164 valence electrons. The number of nitriles is 1. The molecule has 0 unspecified atom stereocenters. The van der Waals surface area contributed by atoms with E-state index in [1.807, 2.05) is 36.1 Å². The number of primary amides is 1. The summed E-state index contributed by atoms with van der Waals surface area (Å²) in [6.07, 6.45) is -2.70. The van der Waals surface area contributed by atoms with E-state index in [-0.39, 0.29) is 16.6 Å². The van der Waals surface area contributed by atoms with Crippen LogP contribution in [-0.2, 0) is 6.18 Å². The zero-order chi connectivity index (χ0) is 23.3. The van der Waals surface area contributed by atoms with Gasteiger partial charge in [-0.25, -0.2) is 4.79 Å². The maximum atomic E-state index is 13.6. The summed E-state index contributed by atoms with van der Waals surface area (Å²) in [5.74, 6) is 0.194. The Morgan fingerprint density at radius 2 is 1.81 bits per heavy atom. The van der Waals surface area contributed by atoms with Crippen molar-refractivity contribution < 1.29 is 18.0 Å². The number of hydrogen-bond donors (Lipinski definition) is 1. The smallest absolute Gasteiger partial charge is 0.350 e. The summed E-state index contributed by atoms with van der Waals surface area (Å²) in [5, 5.41) is 9.31. The molecule has 4 rings (SSSR count). The molecule has 0 aromatic heterocycles. The molecule has 2 N–H and O–H groups in total. The molecule has 6 nitrogen and oxygen atoms in total. The van der Waals surface area contributed by atoms with Gasteiger partial charge in [-0.1, -0.05) is 17.7 Å². The Bertz CT molecular complexity index is 1180. The van der Waals surface area contributed by atoms with E-state index in [1.165, 1.54) is 11.0 Å². The second kappa shape index (κ2) is 7.60. The maximum Gasteiger partial charge on any atom is 0.417 e. The molecule has 1 spiro atoms. The highest BCUT2D eigenvalue weighted by molar-refractivity contribution is 7.81. The number of nitrogens with two attached hydrogens (primary N) is 1. The number of carbonyl (C=O) groups is 1. The number of aliphatic imine (C=N–C) groups is 1. The predicted molar refractivity (Wildman–Crippen MR) is 118 cm³/mol. The number of aryl methyl sites for hydroxylation is 1. The first kappa shape index (κ1) is 21.8. The fraction of sp³-hybridized carbons (Fsp3) is 0.273. The average molecular weight is 457 g/mol. The van der Waals surface area contributed by atoms with E-state index >= 15 is 0 Å². The number of hydrogen-bond acceptors (Lipinski definition) is 3. The molecule has 0 atom stereocenters. The molecule has 0 radical (unpaired) electrons. The Morgan fingerprint density at radius 1 is 1.19 bits per heavy atom. The van der Waals surface area contributed by atoms with Gasteiger partial charge in [-0.2, -0.15) is 23.4 Å². The molecule has 1 aliphatic carbocycles. The molecule has 1 saturated carbocycles.